The molecule has 0 atom stereocenters. The van der Waals surface area contributed by atoms with Gasteiger partial charge in [-0.05, 0) is 31.9 Å². The van der Waals surface area contributed by atoms with Crippen molar-refractivity contribution in [2.24, 2.45) is 0 Å². The normalized spacial score (nSPS) is 18.3. The van der Waals surface area contributed by atoms with E-state index in [2.05, 4.69) is 12.2 Å². The van der Waals surface area contributed by atoms with Crippen LogP contribution in [-0.2, 0) is 0 Å². The van der Waals surface area contributed by atoms with Crippen LogP contribution in [0, 0.1) is 10.1 Å². The van der Waals surface area contributed by atoms with Gasteiger partial charge in [0, 0.05) is 5.54 Å². The summed E-state index contributed by atoms with van der Waals surface area (Å²) in [6.07, 6.45) is 5.66. The van der Waals surface area contributed by atoms with Crippen molar-refractivity contribution in [3.8, 4) is 0 Å². The lowest BCUT2D eigenvalue weighted by atomic mass is 9.83. The zero-order valence-electron chi connectivity index (χ0n) is 10.6. The number of nitrogens with zero attached hydrogens (tertiary/aromatic N) is 1. The molecule has 1 aliphatic rings. The molecular formula is C13H19N3O2. The Morgan fingerprint density at radius 1 is 1.33 bits per heavy atom. The second-order valence-corrected chi connectivity index (χ2v) is 5.25. The van der Waals surface area contributed by atoms with Crippen LogP contribution in [0.4, 0.5) is 17.1 Å². The molecule has 1 fully saturated rings. The van der Waals surface area contributed by atoms with E-state index in [4.69, 9.17) is 5.73 Å². The molecule has 98 valence electrons. The standard InChI is InChI=1S/C13H19N3O2/c1-13(8-3-2-4-9-13)15-11-7-5-6-10(14)12(11)16(17)18/h5-7,15H,2-4,8-9,14H2,1H3. The quantitative estimate of drug-likeness (QED) is 0.489. The number of nitrogen functional groups attached to an aromatic ring is 1. The molecule has 0 heterocycles. The van der Waals surface area contributed by atoms with Crippen LogP contribution < -0.4 is 11.1 Å². The smallest absolute Gasteiger partial charge is 0.314 e. The highest BCUT2D eigenvalue weighted by molar-refractivity contribution is 5.74. The fourth-order valence-electron chi connectivity index (χ4n) is 2.65. The SMILES string of the molecule is CC1(Nc2cccc(N)c2[N+](=O)[O-])CCCCC1. The molecule has 5 nitrogen and oxygen atoms in total. The third-order valence-corrected chi connectivity index (χ3v) is 3.64. The highest BCUT2D eigenvalue weighted by Crippen LogP contribution is 2.36. The monoisotopic (exact) mass is 249 g/mol. The van der Waals surface area contributed by atoms with E-state index in [1.165, 1.54) is 19.3 Å². The van der Waals surface area contributed by atoms with Crippen LogP contribution in [0.1, 0.15) is 39.0 Å². The topological polar surface area (TPSA) is 81.2 Å². The predicted molar refractivity (Wildman–Crippen MR) is 72.6 cm³/mol. The first-order valence-corrected chi connectivity index (χ1v) is 6.33. The maximum Gasteiger partial charge on any atom is 0.314 e. The molecule has 5 heteroatoms. The molecule has 18 heavy (non-hydrogen) atoms. The summed E-state index contributed by atoms with van der Waals surface area (Å²) in [6, 6.07) is 5.04. The number of benzene rings is 1. The molecular weight excluding hydrogens is 230 g/mol. The molecule has 3 N–H and O–H groups in total. The van der Waals surface area contributed by atoms with E-state index in [1.54, 1.807) is 18.2 Å². The maximum atomic E-state index is 11.1. The van der Waals surface area contributed by atoms with Crippen molar-refractivity contribution in [2.75, 3.05) is 11.1 Å². The molecule has 1 aromatic carbocycles. The maximum absolute atomic E-state index is 11.1. The predicted octanol–water partition coefficient (Wildman–Crippen LogP) is 3.31. The Morgan fingerprint density at radius 2 is 2.00 bits per heavy atom. The van der Waals surface area contributed by atoms with Crippen LogP contribution in [0.25, 0.3) is 0 Å². The Hall–Kier alpha value is -1.78. The lowest BCUT2D eigenvalue weighted by Gasteiger charge is -2.35. The Balaban J connectivity index is 2.28. The summed E-state index contributed by atoms with van der Waals surface area (Å²) < 4.78 is 0. The van der Waals surface area contributed by atoms with Gasteiger partial charge in [0.15, 0.2) is 0 Å². The van der Waals surface area contributed by atoms with Gasteiger partial charge in [-0.15, -0.1) is 0 Å². The minimum absolute atomic E-state index is 0.00991. The van der Waals surface area contributed by atoms with Crippen molar-refractivity contribution < 1.29 is 4.92 Å². The van der Waals surface area contributed by atoms with E-state index in [0.29, 0.717) is 5.69 Å². The number of rotatable bonds is 3. The molecule has 0 radical (unpaired) electrons. The summed E-state index contributed by atoms with van der Waals surface area (Å²) in [6.45, 7) is 2.12. The van der Waals surface area contributed by atoms with E-state index < -0.39 is 4.92 Å². The first-order chi connectivity index (χ1) is 8.52. The van der Waals surface area contributed by atoms with Gasteiger partial charge in [0.1, 0.15) is 11.4 Å². The van der Waals surface area contributed by atoms with Gasteiger partial charge in [-0.2, -0.15) is 0 Å². The molecule has 0 bridgehead atoms. The largest absolute Gasteiger partial charge is 0.393 e. The first kappa shape index (κ1) is 12.7. The highest BCUT2D eigenvalue weighted by Gasteiger charge is 2.29. The number of anilines is 2. The second kappa shape index (κ2) is 4.84. The Labute approximate surface area is 107 Å². The molecule has 0 aromatic heterocycles. The third kappa shape index (κ3) is 2.55. The zero-order valence-corrected chi connectivity index (χ0v) is 10.6. The third-order valence-electron chi connectivity index (χ3n) is 3.64. The Morgan fingerprint density at radius 3 is 2.61 bits per heavy atom. The van der Waals surface area contributed by atoms with Crippen molar-refractivity contribution in [3.63, 3.8) is 0 Å². The van der Waals surface area contributed by atoms with Gasteiger partial charge < -0.3 is 11.1 Å². The van der Waals surface area contributed by atoms with E-state index in [1.807, 2.05) is 0 Å². The van der Waals surface area contributed by atoms with E-state index in [-0.39, 0.29) is 16.9 Å². The van der Waals surface area contributed by atoms with Crippen LogP contribution >= 0.6 is 0 Å². The van der Waals surface area contributed by atoms with Crippen molar-refractivity contribution in [1.29, 1.82) is 0 Å². The number of nitrogens with two attached hydrogens (primary N) is 1. The summed E-state index contributed by atoms with van der Waals surface area (Å²) in [7, 11) is 0. The van der Waals surface area contributed by atoms with Gasteiger partial charge in [-0.3, -0.25) is 10.1 Å². The summed E-state index contributed by atoms with van der Waals surface area (Å²) in [5.41, 5.74) is 6.36. The summed E-state index contributed by atoms with van der Waals surface area (Å²) in [4.78, 5) is 10.7. The number of hydrogen-bond acceptors (Lipinski definition) is 4. The molecule has 2 rings (SSSR count). The zero-order chi connectivity index (χ0) is 13.2. The lowest BCUT2D eigenvalue weighted by molar-refractivity contribution is -0.383. The fraction of sp³-hybridized carbons (Fsp3) is 0.538. The Bertz CT molecular complexity index is 454. The van der Waals surface area contributed by atoms with Crippen LogP contribution in [0.2, 0.25) is 0 Å². The van der Waals surface area contributed by atoms with Crippen LogP contribution in [0.5, 0.6) is 0 Å². The molecule has 1 saturated carbocycles. The lowest BCUT2D eigenvalue weighted by Crippen LogP contribution is -2.37. The molecule has 0 saturated heterocycles. The van der Waals surface area contributed by atoms with Gasteiger partial charge in [0.25, 0.3) is 0 Å². The molecule has 1 aromatic rings. The van der Waals surface area contributed by atoms with Gasteiger partial charge >= 0.3 is 5.69 Å². The Kier molecular flexibility index (Phi) is 3.41. The fourth-order valence-corrected chi connectivity index (χ4v) is 2.65. The van der Waals surface area contributed by atoms with E-state index >= 15 is 0 Å². The first-order valence-electron chi connectivity index (χ1n) is 6.33. The minimum Gasteiger partial charge on any atom is -0.393 e. The molecule has 0 aliphatic heterocycles. The number of hydrogen-bond donors (Lipinski definition) is 2. The van der Waals surface area contributed by atoms with Gasteiger partial charge in [0.05, 0.1) is 4.92 Å². The van der Waals surface area contributed by atoms with Gasteiger partial charge in [-0.25, -0.2) is 0 Å². The average molecular weight is 249 g/mol. The summed E-state index contributed by atoms with van der Waals surface area (Å²) in [5.74, 6) is 0. The average Bonchev–Trinajstić information content (AvgIpc) is 2.28. The molecule has 0 unspecified atom stereocenters. The summed E-state index contributed by atoms with van der Waals surface area (Å²) >= 11 is 0. The van der Waals surface area contributed by atoms with Crippen molar-refractivity contribution in [1.82, 2.24) is 0 Å². The minimum atomic E-state index is -0.413. The van der Waals surface area contributed by atoms with Crippen molar-refractivity contribution in [2.45, 2.75) is 44.6 Å². The van der Waals surface area contributed by atoms with Gasteiger partial charge in [0.2, 0.25) is 0 Å². The van der Waals surface area contributed by atoms with Crippen molar-refractivity contribution in [3.05, 3.63) is 28.3 Å². The number of nitro groups is 1. The van der Waals surface area contributed by atoms with E-state index in [0.717, 1.165) is 12.8 Å². The summed E-state index contributed by atoms with van der Waals surface area (Å²) in [5, 5.41) is 14.4. The molecule has 0 amide bonds. The van der Waals surface area contributed by atoms with Crippen LogP contribution in [0.15, 0.2) is 18.2 Å². The van der Waals surface area contributed by atoms with Crippen LogP contribution in [-0.4, -0.2) is 10.5 Å². The molecule has 0 spiro atoms. The molecule has 1 aliphatic carbocycles. The highest BCUT2D eigenvalue weighted by atomic mass is 16.6. The van der Waals surface area contributed by atoms with Gasteiger partial charge in [-0.1, -0.05) is 25.3 Å². The van der Waals surface area contributed by atoms with Crippen molar-refractivity contribution >= 4 is 17.1 Å². The number of nitro benzene ring substituents is 1. The number of para-hydroxylation sites is 1. The second-order valence-electron chi connectivity index (χ2n) is 5.25. The van der Waals surface area contributed by atoms with Crippen LogP contribution in [0.3, 0.4) is 0 Å². The van der Waals surface area contributed by atoms with E-state index in [9.17, 15) is 10.1 Å². The number of nitrogens with one attached hydrogen (secondary N) is 1.